The average Bonchev–Trinajstić information content (AvgIpc) is 3.27. The molecule has 1 aliphatic rings. The van der Waals surface area contributed by atoms with Crippen LogP contribution in [0.2, 0.25) is 0 Å². The number of nitrogens with one attached hydrogen (secondary N) is 1. The fourth-order valence-corrected chi connectivity index (χ4v) is 4.67. The molecule has 2 heterocycles. The third kappa shape index (κ3) is 5.90. The molecule has 1 amide bonds. The summed E-state index contributed by atoms with van der Waals surface area (Å²) < 4.78 is 24.0. The molecule has 0 saturated heterocycles. The number of ether oxygens (including phenoxy) is 2. The van der Waals surface area contributed by atoms with Gasteiger partial charge in [0.1, 0.15) is 12.4 Å². The maximum atomic E-state index is 13.4. The molecule has 202 valence electrons. The highest BCUT2D eigenvalue weighted by atomic mass is 19.1. The summed E-state index contributed by atoms with van der Waals surface area (Å²) in [7, 11) is 0. The van der Waals surface area contributed by atoms with E-state index in [2.05, 4.69) is 11.9 Å². The van der Waals surface area contributed by atoms with Gasteiger partial charge in [0.2, 0.25) is 0 Å². The SMILES string of the molecule is C=CCOC(=O)c1ccc(-c2c(C(=O)OCC)c(CCc3ccc(F)cc3)nc3c2C(=O)NC3C(C)C)cc1. The number of esters is 2. The molecule has 0 spiro atoms. The van der Waals surface area contributed by atoms with E-state index in [-0.39, 0.29) is 42.5 Å². The third-order valence-electron chi connectivity index (χ3n) is 6.56. The normalized spacial score (nSPS) is 14.1. The molecule has 8 heteroatoms. The van der Waals surface area contributed by atoms with Crippen LogP contribution in [0.4, 0.5) is 4.39 Å². The van der Waals surface area contributed by atoms with Gasteiger partial charge in [-0.2, -0.15) is 0 Å². The summed E-state index contributed by atoms with van der Waals surface area (Å²) >= 11 is 0. The number of aromatic nitrogens is 1. The average molecular weight is 531 g/mol. The van der Waals surface area contributed by atoms with E-state index in [0.29, 0.717) is 46.5 Å². The van der Waals surface area contributed by atoms with Gasteiger partial charge in [0, 0.05) is 5.56 Å². The van der Waals surface area contributed by atoms with Gasteiger partial charge >= 0.3 is 11.9 Å². The molecular weight excluding hydrogens is 499 g/mol. The van der Waals surface area contributed by atoms with Gasteiger partial charge in [-0.3, -0.25) is 9.78 Å². The predicted octanol–water partition coefficient (Wildman–Crippen LogP) is 5.63. The van der Waals surface area contributed by atoms with Gasteiger partial charge in [0.25, 0.3) is 5.91 Å². The van der Waals surface area contributed by atoms with Crippen molar-refractivity contribution in [3.63, 3.8) is 0 Å². The molecule has 0 bridgehead atoms. The van der Waals surface area contributed by atoms with Crippen LogP contribution in [0.5, 0.6) is 0 Å². The van der Waals surface area contributed by atoms with Crippen molar-refractivity contribution in [3.05, 3.63) is 101 Å². The zero-order chi connectivity index (χ0) is 28.1. The predicted molar refractivity (Wildman–Crippen MR) is 145 cm³/mol. The van der Waals surface area contributed by atoms with E-state index in [1.54, 1.807) is 43.3 Å². The second-order valence-corrected chi connectivity index (χ2v) is 9.58. The van der Waals surface area contributed by atoms with Gasteiger partial charge in [-0.05, 0) is 61.1 Å². The molecule has 4 rings (SSSR count). The fourth-order valence-electron chi connectivity index (χ4n) is 4.67. The van der Waals surface area contributed by atoms with E-state index < -0.39 is 11.9 Å². The summed E-state index contributed by atoms with van der Waals surface area (Å²) in [5, 5.41) is 3.01. The lowest BCUT2D eigenvalue weighted by Gasteiger charge is -2.20. The van der Waals surface area contributed by atoms with Crippen LogP contribution < -0.4 is 5.32 Å². The Balaban J connectivity index is 1.88. The van der Waals surface area contributed by atoms with Crippen LogP contribution >= 0.6 is 0 Å². The highest BCUT2D eigenvalue weighted by Crippen LogP contribution is 2.40. The highest BCUT2D eigenvalue weighted by Gasteiger charge is 2.38. The maximum Gasteiger partial charge on any atom is 0.340 e. The minimum atomic E-state index is -0.591. The molecule has 7 nitrogen and oxygen atoms in total. The molecule has 1 N–H and O–H groups in total. The molecule has 1 aromatic heterocycles. The number of hydrogen-bond acceptors (Lipinski definition) is 6. The molecule has 3 aromatic rings. The number of halogens is 1. The first kappa shape index (κ1) is 27.7. The number of hydrogen-bond donors (Lipinski definition) is 1. The second kappa shape index (κ2) is 12.0. The number of amides is 1. The number of fused-ring (bicyclic) bond motifs is 1. The van der Waals surface area contributed by atoms with E-state index in [1.165, 1.54) is 18.2 Å². The summed E-state index contributed by atoms with van der Waals surface area (Å²) in [6.07, 6.45) is 2.35. The fraction of sp³-hybridized carbons (Fsp3) is 0.290. The lowest BCUT2D eigenvalue weighted by atomic mass is 9.88. The summed E-state index contributed by atoms with van der Waals surface area (Å²) in [4.78, 5) is 43.9. The lowest BCUT2D eigenvalue weighted by Crippen LogP contribution is -2.23. The Kier molecular flexibility index (Phi) is 8.54. The summed E-state index contributed by atoms with van der Waals surface area (Å²) in [6.45, 7) is 9.46. The van der Waals surface area contributed by atoms with E-state index in [0.717, 1.165) is 5.56 Å². The van der Waals surface area contributed by atoms with Gasteiger partial charge in [-0.15, -0.1) is 0 Å². The Bertz CT molecular complexity index is 1400. The molecule has 0 aliphatic carbocycles. The van der Waals surface area contributed by atoms with Crippen LogP contribution in [-0.4, -0.2) is 36.0 Å². The first-order valence-corrected chi connectivity index (χ1v) is 12.9. The largest absolute Gasteiger partial charge is 0.462 e. The van der Waals surface area contributed by atoms with Crippen molar-refractivity contribution >= 4 is 17.8 Å². The minimum absolute atomic E-state index is 0.0518. The van der Waals surface area contributed by atoms with Crippen molar-refractivity contribution in [1.82, 2.24) is 10.3 Å². The number of carbonyl (C=O) groups excluding carboxylic acids is 3. The molecule has 0 radical (unpaired) electrons. The van der Waals surface area contributed by atoms with Gasteiger partial charge in [0.05, 0.1) is 40.7 Å². The Morgan fingerprint density at radius 3 is 2.33 bits per heavy atom. The Morgan fingerprint density at radius 2 is 1.72 bits per heavy atom. The Labute approximate surface area is 227 Å². The van der Waals surface area contributed by atoms with Crippen molar-refractivity contribution < 1.29 is 28.2 Å². The number of aryl methyl sites for hydroxylation is 2. The lowest BCUT2D eigenvalue weighted by molar-refractivity contribution is 0.0522. The van der Waals surface area contributed by atoms with Crippen LogP contribution in [0.3, 0.4) is 0 Å². The molecular formula is C31H31FN2O5. The molecule has 1 aliphatic heterocycles. The molecule has 0 saturated carbocycles. The number of benzene rings is 2. The van der Waals surface area contributed by atoms with Crippen LogP contribution in [0.25, 0.3) is 11.1 Å². The van der Waals surface area contributed by atoms with Gasteiger partial charge < -0.3 is 14.8 Å². The zero-order valence-corrected chi connectivity index (χ0v) is 22.3. The maximum absolute atomic E-state index is 13.4. The molecule has 1 atom stereocenters. The number of pyridine rings is 1. The van der Waals surface area contributed by atoms with Gasteiger partial charge in [0.15, 0.2) is 0 Å². The summed E-state index contributed by atoms with van der Waals surface area (Å²) in [5.74, 6) is -1.70. The number of carbonyl (C=O) groups is 3. The van der Waals surface area contributed by atoms with Crippen molar-refractivity contribution in [2.75, 3.05) is 13.2 Å². The number of nitrogens with zero attached hydrogens (tertiary/aromatic N) is 1. The minimum Gasteiger partial charge on any atom is -0.462 e. The molecule has 1 unspecified atom stereocenters. The van der Waals surface area contributed by atoms with Crippen LogP contribution in [-0.2, 0) is 22.3 Å². The number of rotatable bonds is 10. The Morgan fingerprint density at radius 1 is 1.03 bits per heavy atom. The summed E-state index contributed by atoms with van der Waals surface area (Å²) in [6, 6.07) is 12.4. The monoisotopic (exact) mass is 530 g/mol. The van der Waals surface area contributed by atoms with Crippen molar-refractivity contribution in [3.8, 4) is 11.1 Å². The van der Waals surface area contributed by atoms with Crippen molar-refractivity contribution in [2.24, 2.45) is 5.92 Å². The van der Waals surface area contributed by atoms with Crippen molar-refractivity contribution in [2.45, 2.75) is 39.7 Å². The topological polar surface area (TPSA) is 94.6 Å². The zero-order valence-electron chi connectivity index (χ0n) is 22.3. The molecule has 0 fully saturated rings. The molecule has 39 heavy (non-hydrogen) atoms. The van der Waals surface area contributed by atoms with Gasteiger partial charge in [-0.1, -0.05) is 50.8 Å². The van der Waals surface area contributed by atoms with Crippen LogP contribution in [0, 0.1) is 11.7 Å². The van der Waals surface area contributed by atoms with Crippen LogP contribution in [0.1, 0.15) is 74.8 Å². The van der Waals surface area contributed by atoms with E-state index in [1.807, 2.05) is 13.8 Å². The first-order chi connectivity index (χ1) is 18.7. The smallest absolute Gasteiger partial charge is 0.340 e. The quantitative estimate of drug-likeness (QED) is 0.270. The van der Waals surface area contributed by atoms with E-state index >= 15 is 0 Å². The first-order valence-electron chi connectivity index (χ1n) is 12.9. The third-order valence-corrected chi connectivity index (χ3v) is 6.56. The van der Waals surface area contributed by atoms with E-state index in [9.17, 15) is 18.8 Å². The van der Waals surface area contributed by atoms with Gasteiger partial charge in [-0.25, -0.2) is 14.0 Å². The second-order valence-electron chi connectivity index (χ2n) is 9.58. The highest BCUT2D eigenvalue weighted by molar-refractivity contribution is 6.10. The van der Waals surface area contributed by atoms with Crippen molar-refractivity contribution in [1.29, 1.82) is 0 Å². The standard InChI is InChI=1S/C31H31FN2O5/c1-5-17-39-30(36)21-12-10-20(11-13-21)24-25(31(37)38-6-2)23(16-9-19-7-14-22(32)15-8-19)33-28-26(24)29(35)34-27(28)18(3)4/h5,7-8,10-15,18,27H,1,6,9,16-17H2,2-4H3,(H,34,35). The molecule has 2 aromatic carbocycles. The Hall–Kier alpha value is -4.33. The summed E-state index contributed by atoms with van der Waals surface area (Å²) in [5.41, 5.74) is 3.78. The van der Waals surface area contributed by atoms with Crippen LogP contribution in [0.15, 0.2) is 61.2 Å². The van der Waals surface area contributed by atoms with E-state index in [4.69, 9.17) is 14.5 Å².